The van der Waals surface area contributed by atoms with Crippen molar-refractivity contribution >= 4 is 16.2 Å². The molecule has 0 aromatic carbocycles. The van der Waals surface area contributed by atoms with Crippen LogP contribution in [0.4, 0.5) is 0 Å². The Morgan fingerprint density at radius 1 is 0.558 bits per heavy atom. The van der Waals surface area contributed by atoms with Crippen LogP contribution in [0.25, 0.3) is 0 Å². The number of carbonyl (C=O) groups excluding carboxylic acids is 1. The molecule has 442 valence electrons. The average molecular weight is 1130 g/mol. The lowest BCUT2D eigenvalue weighted by molar-refractivity contribution is -0.397. The first kappa shape index (κ1) is 60.0. The van der Waals surface area contributed by atoms with Crippen molar-refractivity contribution in [3.63, 3.8) is 0 Å². The number of ketones is 1. The third-order valence-electron chi connectivity index (χ3n) is 18.8. The molecule has 77 heavy (non-hydrogen) atoms. The van der Waals surface area contributed by atoms with E-state index in [1.807, 2.05) is 0 Å². The van der Waals surface area contributed by atoms with Gasteiger partial charge in [0, 0.05) is 5.92 Å². The van der Waals surface area contributed by atoms with Gasteiger partial charge in [0.05, 0.1) is 43.2 Å². The molecule has 9 rings (SSSR count). The number of hydrogen-bond donors (Lipinski definition) is 12. The number of Topliss-reactive ketones (excluding diaryl/α,β-unsaturated/α-hetero) is 1. The van der Waals surface area contributed by atoms with Gasteiger partial charge in [0.1, 0.15) is 97.3 Å². The van der Waals surface area contributed by atoms with E-state index in [1.165, 1.54) is 33.3 Å². The average Bonchev–Trinajstić information content (AvgIpc) is 3.99. The summed E-state index contributed by atoms with van der Waals surface area (Å²) in [4.78, 5) is 13.0. The SMILES string of the molecule is CC(=O)[C@H]1CC[C@H]2[C@@H]3C[C@H](O[C@@H]4O[C@H](C)[C@@H](O)[C@H](O[C@@H]5OC[C@@H](O[C@@H]6O[C@H](C)[C@H](O)[C@H](O)[C@H]6O[C@@H]6O[C@H](C)[C@H](O)[C@H](O)[C@H]6O)[C@H](O)[C@H]5O[C@@H]5O[C@H](C)[C@@H](O)[C@H](O)[C@H]5O)[C@H]4O)[C@H]4C[C@@H](OS(=O)(=O)O)CC[C@]4(C)C3=CC[C@]12C. The van der Waals surface area contributed by atoms with Gasteiger partial charge in [-0.15, -0.1) is 0 Å². The maximum absolute atomic E-state index is 13.0. The van der Waals surface area contributed by atoms with Crippen LogP contribution in [0.3, 0.4) is 0 Å². The van der Waals surface area contributed by atoms with Gasteiger partial charge in [-0.1, -0.05) is 25.5 Å². The number of hydrogen-bond acceptors (Lipinski definition) is 25. The lowest BCUT2D eigenvalue weighted by Gasteiger charge is -2.59. The molecule has 5 aliphatic heterocycles. The number of rotatable bonds is 13. The van der Waals surface area contributed by atoms with Crippen LogP contribution < -0.4 is 0 Å². The Morgan fingerprint density at radius 2 is 1.06 bits per heavy atom. The molecule has 0 aromatic heterocycles. The first-order chi connectivity index (χ1) is 36.0. The zero-order valence-electron chi connectivity index (χ0n) is 44.0. The van der Waals surface area contributed by atoms with Gasteiger partial charge >= 0.3 is 10.4 Å². The van der Waals surface area contributed by atoms with Gasteiger partial charge in [0.2, 0.25) is 0 Å². The third-order valence-corrected chi connectivity index (χ3v) is 19.3. The number of allylic oxidation sites excluding steroid dienone is 2. The Bertz CT molecular complexity index is 2210. The molecule has 12 N–H and O–H groups in total. The maximum Gasteiger partial charge on any atom is 0.397 e. The van der Waals surface area contributed by atoms with Crippen molar-refractivity contribution in [2.24, 2.45) is 34.5 Å². The van der Waals surface area contributed by atoms with Crippen molar-refractivity contribution < 1.29 is 125 Å². The van der Waals surface area contributed by atoms with Crippen molar-refractivity contribution in [3.8, 4) is 0 Å². The second kappa shape index (κ2) is 22.9. The molecule has 0 aromatic rings. The number of carbonyl (C=O) groups is 1. The van der Waals surface area contributed by atoms with Gasteiger partial charge in [-0.3, -0.25) is 9.35 Å². The summed E-state index contributed by atoms with van der Waals surface area (Å²) in [6.07, 6.45) is -34.8. The minimum atomic E-state index is -4.84. The van der Waals surface area contributed by atoms with Crippen LogP contribution in [0.2, 0.25) is 0 Å². The summed E-state index contributed by atoms with van der Waals surface area (Å²) in [6.45, 7) is 11.0. The molecule has 3 saturated carbocycles. The topological polar surface area (TPSA) is 396 Å². The standard InChI is InChI=1S/C50H80O26S/c1-17(51)24-8-9-25-23-15-28(27-14-22(76-77(63,64)65)10-12-50(27,7)26(23)11-13-49(24,25)6)71-46-40(62)41(33(55)21(5)69-46)73-47-42(74-44-38(60)35(57)30(52)18(2)67-44)34(56)29(16-66-47)72-48-43(37(59)32(54)20(4)70-48)75-45-39(61)36(58)31(53)19(3)68-45/h11,18-25,27-48,52-62H,8-10,12-16H2,1-7H3,(H,63,64,65)/t18-,19-,20-,21-,22+,23+,24-,25+,27-,28+,29-,30-,31+,32+,33-,34+,35+,36+,37+,38-,39-,40-,41+,42-,43-,44+,45+,46+,47+,48+,49-,50-/m1/s1. The summed E-state index contributed by atoms with van der Waals surface area (Å²) in [7, 11) is -4.84. The number of fused-ring (bicyclic) bond motifs is 5. The van der Waals surface area contributed by atoms with Crippen LogP contribution in [-0.2, 0) is 66.7 Å². The van der Waals surface area contributed by atoms with Crippen molar-refractivity contribution in [3.05, 3.63) is 11.6 Å². The molecule has 5 saturated heterocycles. The fourth-order valence-electron chi connectivity index (χ4n) is 14.3. The summed E-state index contributed by atoms with van der Waals surface area (Å²) in [5.41, 5.74) is 0.279. The van der Waals surface area contributed by atoms with E-state index in [9.17, 15) is 73.9 Å². The monoisotopic (exact) mass is 1130 g/mol. The molecule has 0 amide bonds. The second-order valence-corrected chi connectivity index (χ2v) is 24.6. The predicted molar refractivity (Wildman–Crippen MR) is 255 cm³/mol. The molecule has 26 nitrogen and oxygen atoms in total. The number of ether oxygens (including phenoxy) is 10. The van der Waals surface area contributed by atoms with E-state index in [0.29, 0.717) is 25.7 Å². The molecule has 0 spiro atoms. The highest BCUT2D eigenvalue weighted by atomic mass is 32.3. The highest BCUT2D eigenvalue weighted by Crippen LogP contribution is 2.66. The fourth-order valence-corrected chi connectivity index (χ4v) is 14.8. The molecule has 32 atom stereocenters. The third kappa shape index (κ3) is 11.4. The van der Waals surface area contributed by atoms with Crippen LogP contribution in [0.15, 0.2) is 11.6 Å². The molecule has 8 fully saturated rings. The highest BCUT2D eigenvalue weighted by molar-refractivity contribution is 7.80. The first-order valence-corrected chi connectivity index (χ1v) is 28.3. The minimum Gasteiger partial charge on any atom is -0.388 e. The van der Waals surface area contributed by atoms with Crippen molar-refractivity contribution in [2.75, 3.05) is 6.61 Å². The number of aliphatic hydroxyl groups is 11. The van der Waals surface area contributed by atoms with E-state index in [4.69, 9.17) is 51.6 Å². The lowest BCUT2D eigenvalue weighted by Crippen LogP contribution is -2.66. The van der Waals surface area contributed by atoms with E-state index in [-0.39, 0.29) is 35.4 Å². The smallest absolute Gasteiger partial charge is 0.388 e. The first-order valence-electron chi connectivity index (χ1n) is 26.9. The van der Waals surface area contributed by atoms with Crippen LogP contribution >= 0.6 is 0 Å². The van der Waals surface area contributed by atoms with Crippen molar-refractivity contribution in [2.45, 2.75) is 253 Å². The minimum absolute atomic E-state index is 0.0701. The summed E-state index contributed by atoms with van der Waals surface area (Å²) in [5, 5.41) is 122. The summed E-state index contributed by atoms with van der Waals surface area (Å²) in [5.74, 6) is -0.452. The molecule has 0 radical (unpaired) electrons. The van der Waals surface area contributed by atoms with Gasteiger partial charge in [-0.25, -0.2) is 4.18 Å². The van der Waals surface area contributed by atoms with Gasteiger partial charge in [-0.05, 0) is 108 Å². The largest absolute Gasteiger partial charge is 0.397 e. The Hall–Kier alpha value is -1.56. The Kier molecular flexibility index (Phi) is 17.8. The quantitative estimate of drug-likeness (QED) is 0.0654. The summed E-state index contributed by atoms with van der Waals surface area (Å²) in [6, 6.07) is 0. The molecule has 0 unspecified atom stereocenters. The van der Waals surface area contributed by atoms with E-state index < -0.39 is 188 Å². The fraction of sp³-hybridized carbons (Fsp3) is 0.940. The van der Waals surface area contributed by atoms with Gasteiger partial charge in [0.25, 0.3) is 0 Å². The van der Waals surface area contributed by atoms with Crippen LogP contribution in [-0.4, -0.2) is 241 Å². The zero-order valence-corrected chi connectivity index (χ0v) is 44.9. The van der Waals surface area contributed by atoms with Crippen LogP contribution in [0, 0.1) is 34.5 Å². The molecular weight excluding hydrogens is 1050 g/mol. The Labute approximate surface area is 446 Å². The van der Waals surface area contributed by atoms with Crippen LogP contribution in [0.5, 0.6) is 0 Å². The van der Waals surface area contributed by atoms with Crippen molar-refractivity contribution in [1.29, 1.82) is 0 Å². The number of aliphatic hydroxyl groups excluding tert-OH is 11. The van der Waals surface area contributed by atoms with Crippen molar-refractivity contribution in [1.82, 2.24) is 0 Å². The molecule has 4 aliphatic carbocycles. The molecule has 27 heteroatoms. The maximum atomic E-state index is 13.0. The Balaban J connectivity index is 0.976. The summed E-state index contributed by atoms with van der Waals surface area (Å²) >= 11 is 0. The van der Waals surface area contributed by atoms with Crippen LogP contribution in [0.1, 0.15) is 93.4 Å². The summed E-state index contributed by atoms with van der Waals surface area (Å²) < 4.78 is 99.9. The van der Waals surface area contributed by atoms with E-state index in [0.717, 1.165) is 12.8 Å². The molecule has 9 aliphatic rings. The highest BCUT2D eigenvalue weighted by Gasteiger charge is 2.62. The predicted octanol–water partition coefficient (Wildman–Crippen LogP) is -2.82. The van der Waals surface area contributed by atoms with E-state index in [2.05, 4.69) is 19.9 Å². The second-order valence-electron chi connectivity index (χ2n) is 23.6. The Morgan fingerprint density at radius 3 is 1.64 bits per heavy atom. The van der Waals surface area contributed by atoms with E-state index >= 15 is 0 Å². The van der Waals surface area contributed by atoms with Gasteiger partial charge in [0.15, 0.2) is 31.5 Å². The molecular formula is C50H80O26S. The molecule has 0 bridgehead atoms. The molecule has 5 heterocycles. The van der Waals surface area contributed by atoms with Gasteiger partial charge < -0.3 is 104 Å². The van der Waals surface area contributed by atoms with Gasteiger partial charge in [-0.2, -0.15) is 8.42 Å². The zero-order chi connectivity index (χ0) is 56.1. The van der Waals surface area contributed by atoms with E-state index in [1.54, 1.807) is 6.92 Å². The normalized spacial score (nSPS) is 54.4. The lowest BCUT2D eigenvalue weighted by atomic mass is 9.48.